The summed E-state index contributed by atoms with van der Waals surface area (Å²) in [5, 5.41) is 11.9. The van der Waals surface area contributed by atoms with Crippen molar-refractivity contribution in [2.45, 2.75) is 57.4 Å². The highest BCUT2D eigenvalue weighted by molar-refractivity contribution is 5.62. The van der Waals surface area contributed by atoms with E-state index in [-0.39, 0.29) is 41.8 Å². The fourth-order valence-corrected chi connectivity index (χ4v) is 5.54. The number of anilines is 2. The molecule has 1 atom stereocenters. The summed E-state index contributed by atoms with van der Waals surface area (Å²) < 4.78 is 126. The molecule has 0 N–H and O–H groups in total. The maximum absolute atomic E-state index is 14.1. The topological polar surface area (TPSA) is 67.9 Å². The van der Waals surface area contributed by atoms with Gasteiger partial charge in [-0.1, -0.05) is 11.2 Å². The molecule has 0 spiro atoms. The quantitative estimate of drug-likeness (QED) is 0.214. The third-order valence-electron chi connectivity index (χ3n) is 7.67. The summed E-state index contributed by atoms with van der Waals surface area (Å²) in [6.07, 6.45) is -10.9. The van der Waals surface area contributed by atoms with E-state index in [0.29, 0.717) is 36.5 Å². The highest BCUT2D eigenvalue weighted by Crippen LogP contribution is 2.44. The number of aryl methyl sites for hydroxylation is 3. The molecule has 0 bridgehead atoms. The van der Waals surface area contributed by atoms with Crippen molar-refractivity contribution in [2.24, 2.45) is 14.1 Å². The van der Waals surface area contributed by atoms with Gasteiger partial charge >= 0.3 is 18.5 Å². The molecule has 2 aromatic carbocycles. The highest BCUT2D eigenvalue weighted by atomic mass is 19.4. The third kappa shape index (κ3) is 6.86. The first-order chi connectivity index (χ1) is 20.9. The second-order valence-corrected chi connectivity index (χ2v) is 10.9. The summed E-state index contributed by atoms with van der Waals surface area (Å²) in [5.74, 6) is 0.458. The molecule has 0 saturated heterocycles. The van der Waals surface area contributed by atoms with Gasteiger partial charge in [0, 0.05) is 38.2 Å². The standard InChI is InChI=1S/C28H27F9N8/c1-16-9-20-22(5-4-7-44(15-24-38-6-8-42(24)2)23(20)13-21(16)28(35,36)37)45(25-39-41-43(3)40-25)14-17-10-18(26(29,30)31)12-19(11-17)27(32,33)34/h6,8-13,22H,4-5,7,14-15H2,1-3H3/t22-/m0/s1. The van der Waals surface area contributed by atoms with Gasteiger partial charge in [-0.2, -0.15) is 44.3 Å². The Kier molecular flexibility index (Phi) is 8.24. The van der Waals surface area contributed by atoms with E-state index >= 15 is 0 Å². The highest BCUT2D eigenvalue weighted by Gasteiger charge is 2.39. The van der Waals surface area contributed by atoms with Crippen LogP contribution in [-0.4, -0.2) is 36.3 Å². The maximum Gasteiger partial charge on any atom is 0.416 e. The summed E-state index contributed by atoms with van der Waals surface area (Å²) >= 11 is 0. The lowest BCUT2D eigenvalue weighted by Gasteiger charge is -2.33. The second-order valence-electron chi connectivity index (χ2n) is 10.9. The Hall–Kier alpha value is -4.31. The van der Waals surface area contributed by atoms with Crippen LogP contribution in [-0.2, 0) is 45.7 Å². The molecule has 3 heterocycles. The van der Waals surface area contributed by atoms with E-state index < -0.39 is 47.8 Å². The largest absolute Gasteiger partial charge is 0.416 e. The van der Waals surface area contributed by atoms with Crippen LogP contribution in [0.5, 0.6) is 0 Å². The lowest BCUT2D eigenvalue weighted by Crippen LogP contribution is -2.30. The molecule has 0 radical (unpaired) electrons. The Bertz CT molecular complexity index is 1640. The number of benzene rings is 2. The molecule has 0 fully saturated rings. The SMILES string of the molecule is Cc1cc2c(cc1C(F)(F)F)N(Cc1nccn1C)CCC[C@@H]2N(Cc1cc(C(F)(F)F)cc(C(F)(F)F)c1)c1nnn(C)n1. The van der Waals surface area contributed by atoms with E-state index in [9.17, 15) is 39.5 Å². The Morgan fingerprint density at radius 3 is 2.09 bits per heavy atom. The number of aromatic nitrogens is 6. The average Bonchev–Trinajstić information content (AvgIpc) is 3.50. The van der Waals surface area contributed by atoms with Gasteiger partial charge in [0.25, 0.3) is 5.95 Å². The van der Waals surface area contributed by atoms with E-state index in [1.807, 2.05) is 0 Å². The molecule has 242 valence electrons. The Labute approximate surface area is 251 Å². The number of halogens is 9. The van der Waals surface area contributed by atoms with Gasteiger partial charge in [-0.15, -0.1) is 5.10 Å². The molecule has 5 rings (SSSR count). The molecule has 0 amide bonds. The zero-order valence-electron chi connectivity index (χ0n) is 24.1. The zero-order chi connectivity index (χ0) is 32.9. The van der Waals surface area contributed by atoms with Crippen molar-refractivity contribution in [2.75, 3.05) is 16.3 Å². The maximum atomic E-state index is 14.1. The van der Waals surface area contributed by atoms with Crippen LogP contribution in [0.1, 0.15) is 58.1 Å². The number of tetrazole rings is 1. The number of nitrogens with zero attached hydrogens (tertiary/aromatic N) is 8. The van der Waals surface area contributed by atoms with Gasteiger partial charge in [-0.3, -0.25) is 0 Å². The van der Waals surface area contributed by atoms with Gasteiger partial charge in [-0.25, -0.2) is 4.98 Å². The van der Waals surface area contributed by atoms with Crippen LogP contribution in [0, 0.1) is 6.92 Å². The summed E-state index contributed by atoms with van der Waals surface area (Å²) in [6, 6.07) is 2.80. The van der Waals surface area contributed by atoms with Gasteiger partial charge < -0.3 is 14.4 Å². The average molecular weight is 647 g/mol. The lowest BCUT2D eigenvalue weighted by atomic mass is 9.94. The Balaban J connectivity index is 1.67. The van der Waals surface area contributed by atoms with Crippen LogP contribution in [0.3, 0.4) is 0 Å². The summed E-state index contributed by atoms with van der Waals surface area (Å²) in [4.78, 5) is 8.48. The van der Waals surface area contributed by atoms with E-state index in [2.05, 4.69) is 20.4 Å². The molecule has 45 heavy (non-hydrogen) atoms. The fraction of sp³-hybridized carbons (Fsp3) is 0.429. The molecule has 0 saturated carbocycles. The van der Waals surface area contributed by atoms with E-state index in [0.717, 1.165) is 10.9 Å². The van der Waals surface area contributed by atoms with Gasteiger partial charge in [0.05, 0.1) is 36.3 Å². The predicted octanol–water partition coefficient (Wildman–Crippen LogP) is 6.86. The van der Waals surface area contributed by atoms with Crippen molar-refractivity contribution in [1.29, 1.82) is 0 Å². The van der Waals surface area contributed by atoms with Crippen molar-refractivity contribution in [3.05, 3.63) is 81.9 Å². The molecule has 2 aromatic heterocycles. The molecule has 0 aliphatic carbocycles. The summed E-state index contributed by atoms with van der Waals surface area (Å²) in [7, 11) is 3.17. The summed E-state index contributed by atoms with van der Waals surface area (Å²) in [6.45, 7) is 1.21. The predicted molar refractivity (Wildman–Crippen MR) is 144 cm³/mol. The van der Waals surface area contributed by atoms with Gasteiger partial charge in [0.2, 0.25) is 0 Å². The minimum atomic E-state index is -5.07. The molecule has 1 aliphatic rings. The van der Waals surface area contributed by atoms with E-state index in [4.69, 9.17) is 0 Å². The van der Waals surface area contributed by atoms with Crippen LogP contribution in [0.15, 0.2) is 42.7 Å². The van der Waals surface area contributed by atoms with Crippen LogP contribution < -0.4 is 9.80 Å². The molecular formula is C28H27F9N8. The molecule has 8 nitrogen and oxygen atoms in total. The van der Waals surface area contributed by atoms with Crippen molar-refractivity contribution in [3.63, 3.8) is 0 Å². The van der Waals surface area contributed by atoms with Gasteiger partial charge in [0.1, 0.15) is 5.82 Å². The second kappa shape index (κ2) is 11.6. The fourth-order valence-electron chi connectivity index (χ4n) is 5.54. The number of fused-ring (bicyclic) bond motifs is 1. The van der Waals surface area contributed by atoms with E-state index in [1.165, 1.54) is 24.9 Å². The zero-order valence-corrected chi connectivity index (χ0v) is 24.1. The van der Waals surface area contributed by atoms with Crippen molar-refractivity contribution < 1.29 is 39.5 Å². The summed E-state index contributed by atoms with van der Waals surface area (Å²) in [5.41, 5.74) is -3.72. The Morgan fingerprint density at radius 2 is 1.56 bits per heavy atom. The lowest BCUT2D eigenvalue weighted by molar-refractivity contribution is -0.143. The Morgan fingerprint density at radius 1 is 0.889 bits per heavy atom. The third-order valence-corrected chi connectivity index (χ3v) is 7.67. The number of hydrogen-bond donors (Lipinski definition) is 0. The molecule has 17 heteroatoms. The van der Waals surface area contributed by atoms with Crippen LogP contribution in [0.4, 0.5) is 51.1 Å². The van der Waals surface area contributed by atoms with Crippen LogP contribution in [0.2, 0.25) is 0 Å². The minimum absolute atomic E-state index is 0.0346. The molecule has 4 aromatic rings. The van der Waals surface area contributed by atoms with E-state index in [1.54, 1.807) is 28.9 Å². The normalized spacial score (nSPS) is 16.1. The molecule has 1 aliphatic heterocycles. The van der Waals surface area contributed by atoms with Crippen molar-refractivity contribution in [3.8, 4) is 0 Å². The molecule has 0 unspecified atom stereocenters. The smallest absolute Gasteiger partial charge is 0.364 e. The van der Waals surface area contributed by atoms with Crippen molar-refractivity contribution >= 4 is 11.6 Å². The number of alkyl halides is 9. The van der Waals surface area contributed by atoms with Gasteiger partial charge in [0.15, 0.2) is 0 Å². The molecular weight excluding hydrogens is 619 g/mol. The monoisotopic (exact) mass is 646 g/mol. The number of imidazole rings is 1. The van der Waals surface area contributed by atoms with Crippen LogP contribution >= 0.6 is 0 Å². The minimum Gasteiger partial charge on any atom is -0.364 e. The first-order valence-electron chi connectivity index (χ1n) is 13.6. The number of hydrogen-bond acceptors (Lipinski definition) is 6. The first kappa shape index (κ1) is 32.1. The van der Waals surface area contributed by atoms with Crippen molar-refractivity contribution in [1.82, 2.24) is 29.8 Å². The van der Waals surface area contributed by atoms with Gasteiger partial charge in [-0.05, 0) is 65.9 Å². The first-order valence-corrected chi connectivity index (χ1v) is 13.6. The van der Waals surface area contributed by atoms with Crippen LogP contribution in [0.25, 0.3) is 0 Å². The number of rotatable bonds is 6.